The maximum Gasteiger partial charge on any atom is 0.325 e. The molecule has 0 spiro atoms. The number of carbonyl (C=O) groups is 3. The van der Waals surface area contributed by atoms with Gasteiger partial charge in [-0.2, -0.15) is 0 Å². The number of hydrogen-bond donors (Lipinski definition) is 2. The van der Waals surface area contributed by atoms with Gasteiger partial charge in [-0.3, -0.25) is 14.5 Å². The molecule has 2 heterocycles. The quantitative estimate of drug-likeness (QED) is 0.615. The second kappa shape index (κ2) is 11.2. The summed E-state index contributed by atoms with van der Waals surface area (Å²) >= 11 is 0. The predicted octanol–water partition coefficient (Wildman–Crippen LogP) is 1.35. The SMILES string of the molecule is CCOC(=O)CNC(=O)N1CCN(Cc2ccco2)CC1C(=O)NCc1ccccc1. The molecule has 1 fully saturated rings. The van der Waals surface area contributed by atoms with Crippen molar-refractivity contribution < 1.29 is 23.5 Å². The van der Waals surface area contributed by atoms with Gasteiger partial charge in [0.2, 0.25) is 5.91 Å². The number of ether oxygens (including phenoxy) is 1. The molecule has 0 radical (unpaired) electrons. The number of esters is 1. The van der Waals surface area contributed by atoms with E-state index in [1.54, 1.807) is 13.2 Å². The third kappa shape index (κ3) is 6.58. The van der Waals surface area contributed by atoms with E-state index < -0.39 is 18.0 Å². The molecule has 2 N–H and O–H groups in total. The maximum atomic E-state index is 13.0. The second-order valence-corrected chi connectivity index (χ2v) is 7.19. The summed E-state index contributed by atoms with van der Waals surface area (Å²) in [7, 11) is 0. The van der Waals surface area contributed by atoms with Crippen molar-refractivity contribution in [3.63, 3.8) is 0 Å². The van der Waals surface area contributed by atoms with E-state index in [4.69, 9.17) is 9.15 Å². The number of rotatable bonds is 8. The van der Waals surface area contributed by atoms with Crippen LogP contribution in [0.4, 0.5) is 4.79 Å². The van der Waals surface area contributed by atoms with Gasteiger partial charge in [-0.15, -0.1) is 0 Å². The lowest BCUT2D eigenvalue weighted by Gasteiger charge is -2.40. The van der Waals surface area contributed by atoms with Gasteiger partial charge in [0.15, 0.2) is 0 Å². The van der Waals surface area contributed by atoms with Crippen molar-refractivity contribution in [2.75, 3.05) is 32.8 Å². The average Bonchev–Trinajstić information content (AvgIpc) is 3.30. The van der Waals surface area contributed by atoms with E-state index in [0.29, 0.717) is 32.7 Å². The van der Waals surface area contributed by atoms with Crippen molar-refractivity contribution in [1.29, 1.82) is 0 Å². The molecule has 0 aliphatic carbocycles. The molecule has 1 aliphatic rings. The summed E-state index contributed by atoms with van der Waals surface area (Å²) in [6.45, 7) is 3.90. The van der Waals surface area contributed by atoms with Crippen molar-refractivity contribution in [1.82, 2.24) is 20.4 Å². The first-order valence-corrected chi connectivity index (χ1v) is 10.3. The zero-order valence-electron chi connectivity index (χ0n) is 17.6. The Morgan fingerprint density at radius 1 is 1.10 bits per heavy atom. The van der Waals surface area contributed by atoms with Gasteiger partial charge >= 0.3 is 12.0 Å². The summed E-state index contributed by atoms with van der Waals surface area (Å²) in [5.74, 6) is 0.0281. The van der Waals surface area contributed by atoms with E-state index >= 15 is 0 Å². The van der Waals surface area contributed by atoms with Crippen LogP contribution in [0.5, 0.6) is 0 Å². The Morgan fingerprint density at radius 3 is 2.61 bits per heavy atom. The Hall–Kier alpha value is -3.33. The molecule has 0 bridgehead atoms. The predicted molar refractivity (Wildman–Crippen MR) is 113 cm³/mol. The molecule has 1 saturated heterocycles. The molecular weight excluding hydrogens is 400 g/mol. The molecule has 1 aromatic heterocycles. The fraction of sp³-hybridized carbons (Fsp3) is 0.409. The largest absolute Gasteiger partial charge is 0.468 e. The van der Waals surface area contributed by atoms with Crippen LogP contribution in [0, 0.1) is 0 Å². The van der Waals surface area contributed by atoms with Crippen molar-refractivity contribution in [3.05, 3.63) is 60.1 Å². The van der Waals surface area contributed by atoms with Crippen LogP contribution in [0.2, 0.25) is 0 Å². The second-order valence-electron chi connectivity index (χ2n) is 7.19. The van der Waals surface area contributed by atoms with Crippen molar-refractivity contribution in [3.8, 4) is 0 Å². The van der Waals surface area contributed by atoms with E-state index in [1.807, 2.05) is 42.5 Å². The zero-order chi connectivity index (χ0) is 22.1. The highest BCUT2D eigenvalue weighted by Gasteiger charge is 2.35. The number of carbonyl (C=O) groups excluding carboxylic acids is 3. The van der Waals surface area contributed by atoms with Crippen LogP contribution in [-0.2, 0) is 27.4 Å². The lowest BCUT2D eigenvalue weighted by Crippen LogP contribution is -2.62. The minimum Gasteiger partial charge on any atom is -0.468 e. The Balaban J connectivity index is 1.64. The molecule has 3 rings (SSSR count). The Labute approximate surface area is 181 Å². The van der Waals surface area contributed by atoms with Gasteiger partial charge in [0, 0.05) is 26.2 Å². The highest BCUT2D eigenvalue weighted by molar-refractivity contribution is 5.88. The normalized spacial score (nSPS) is 16.5. The van der Waals surface area contributed by atoms with Gasteiger partial charge in [-0.25, -0.2) is 4.79 Å². The van der Waals surface area contributed by atoms with Gasteiger partial charge in [-0.1, -0.05) is 30.3 Å². The molecule has 3 amide bonds. The van der Waals surface area contributed by atoms with E-state index in [2.05, 4.69) is 15.5 Å². The maximum absolute atomic E-state index is 13.0. The molecule has 1 atom stereocenters. The highest BCUT2D eigenvalue weighted by atomic mass is 16.5. The summed E-state index contributed by atoms with van der Waals surface area (Å²) in [6.07, 6.45) is 1.61. The summed E-state index contributed by atoms with van der Waals surface area (Å²) in [6, 6.07) is 12.1. The molecule has 166 valence electrons. The van der Waals surface area contributed by atoms with Gasteiger partial charge in [0.25, 0.3) is 0 Å². The van der Waals surface area contributed by atoms with Gasteiger partial charge in [-0.05, 0) is 24.6 Å². The molecular formula is C22H28N4O5. The lowest BCUT2D eigenvalue weighted by atomic mass is 10.1. The molecule has 9 heteroatoms. The molecule has 1 aromatic carbocycles. The Bertz CT molecular complexity index is 856. The van der Waals surface area contributed by atoms with Crippen molar-refractivity contribution in [2.45, 2.75) is 26.1 Å². The van der Waals surface area contributed by atoms with Gasteiger partial charge in [0.1, 0.15) is 18.3 Å². The average molecular weight is 428 g/mol. The van der Waals surface area contributed by atoms with Crippen LogP contribution in [0.3, 0.4) is 0 Å². The standard InChI is InChI=1S/C22H28N4O5/c1-2-30-20(27)14-24-22(29)26-11-10-25(15-18-9-6-12-31-18)16-19(26)21(28)23-13-17-7-4-3-5-8-17/h3-9,12,19H,2,10-11,13-16H2,1H3,(H,23,28)(H,24,29). The Morgan fingerprint density at radius 2 is 1.90 bits per heavy atom. The summed E-state index contributed by atoms with van der Waals surface area (Å²) in [4.78, 5) is 40.8. The summed E-state index contributed by atoms with van der Waals surface area (Å²) in [5.41, 5.74) is 0.970. The van der Waals surface area contributed by atoms with Gasteiger partial charge in [0.05, 0.1) is 19.4 Å². The van der Waals surface area contributed by atoms with Crippen molar-refractivity contribution >= 4 is 17.9 Å². The minimum atomic E-state index is -0.699. The van der Waals surface area contributed by atoms with Crippen LogP contribution >= 0.6 is 0 Å². The first kappa shape index (κ1) is 22.4. The third-order valence-corrected chi connectivity index (χ3v) is 4.99. The number of amides is 3. The Kier molecular flexibility index (Phi) is 8.05. The van der Waals surface area contributed by atoms with Crippen LogP contribution in [0.15, 0.2) is 53.1 Å². The monoisotopic (exact) mass is 428 g/mol. The third-order valence-electron chi connectivity index (χ3n) is 4.99. The van der Waals surface area contributed by atoms with Gasteiger partial charge < -0.3 is 24.7 Å². The number of piperazine rings is 1. The lowest BCUT2D eigenvalue weighted by molar-refractivity contribution is -0.141. The van der Waals surface area contributed by atoms with Crippen LogP contribution < -0.4 is 10.6 Å². The molecule has 2 aromatic rings. The van der Waals surface area contributed by atoms with Crippen LogP contribution in [0.25, 0.3) is 0 Å². The molecule has 31 heavy (non-hydrogen) atoms. The van der Waals surface area contributed by atoms with Crippen LogP contribution in [-0.4, -0.2) is 66.5 Å². The van der Waals surface area contributed by atoms with E-state index in [0.717, 1.165) is 11.3 Å². The number of hydrogen-bond acceptors (Lipinski definition) is 6. The van der Waals surface area contributed by atoms with Crippen LogP contribution in [0.1, 0.15) is 18.2 Å². The topological polar surface area (TPSA) is 104 Å². The molecule has 9 nitrogen and oxygen atoms in total. The number of nitrogens with zero attached hydrogens (tertiary/aromatic N) is 2. The first-order valence-electron chi connectivity index (χ1n) is 10.3. The first-order chi connectivity index (χ1) is 15.1. The fourth-order valence-electron chi connectivity index (χ4n) is 3.44. The number of benzene rings is 1. The number of nitrogens with one attached hydrogen (secondary N) is 2. The molecule has 1 aliphatic heterocycles. The molecule has 0 saturated carbocycles. The smallest absolute Gasteiger partial charge is 0.325 e. The summed E-state index contributed by atoms with van der Waals surface area (Å²) in [5, 5.41) is 5.47. The highest BCUT2D eigenvalue weighted by Crippen LogP contribution is 2.15. The minimum absolute atomic E-state index is 0.238. The zero-order valence-corrected chi connectivity index (χ0v) is 17.6. The number of urea groups is 1. The van der Waals surface area contributed by atoms with E-state index in [-0.39, 0.29) is 19.1 Å². The number of furan rings is 1. The van der Waals surface area contributed by atoms with E-state index in [1.165, 1.54) is 4.90 Å². The van der Waals surface area contributed by atoms with E-state index in [9.17, 15) is 14.4 Å². The fourth-order valence-corrected chi connectivity index (χ4v) is 3.44. The van der Waals surface area contributed by atoms with Crippen molar-refractivity contribution in [2.24, 2.45) is 0 Å². The molecule has 1 unspecified atom stereocenters. The summed E-state index contributed by atoms with van der Waals surface area (Å²) < 4.78 is 10.3.